The van der Waals surface area contributed by atoms with Crippen molar-refractivity contribution in [3.05, 3.63) is 66.0 Å². The number of aryl methyl sites for hydroxylation is 1. The highest BCUT2D eigenvalue weighted by molar-refractivity contribution is 5.79. The minimum atomic E-state index is 0.249. The van der Waals surface area contributed by atoms with Gasteiger partial charge in [0.2, 0.25) is 0 Å². The monoisotopic (exact) mass is 314 g/mol. The molecule has 0 spiro atoms. The summed E-state index contributed by atoms with van der Waals surface area (Å²) in [6, 6.07) is 16.1. The summed E-state index contributed by atoms with van der Waals surface area (Å²) in [6.07, 6.45) is 5.58. The maximum Gasteiger partial charge on any atom is 0.142 e. The molecule has 24 heavy (non-hydrogen) atoms. The van der Waals surface area contributed by atoms with Crippen LogP contribution in [0.3, 0.4) is 0 Å². The lowest BCUT2D eigenvalue weighted by Gasteiger charge is -2.10. The summed E-state index contributed by atoms with van der Waals surface area (Å²) in [5.41, 5.74) is 11.2. The van der Waals surface area contributed by atoms with E-state index in [1.165, 1.54) is 5.56 Å². The standard InChI is InChI=1S/C20H18N4/c1-2-3-14-4-6-16(7-5-14)19-12-17(15-8-10-23-11-9-15)18(13-21)20(22)24-19/h4-12H,2-3H2,1H3,(H2,22,24). The Morgan fingerprint density at radius 1 is 1.04 bits per heavy atom. The van der Waals surface area contributed by atoms with Crippen LogP contribution < -0.4 is 5.73 Å². The lowest BCUT2D eigenvalue weighted by atomic mass is 9.98. The van der Waals surface area contributed by atoms with E-state index in [4.69, 9.17) is 5.73 Å². The van der Waals surface area contributed by atoms with E-state index < -0.39 is 0 Å². The zero-order valence-corrected chi connectivity index (χ0v) is 13.5. The van der Waals surface area contributed by atoms with Crippen LogP contribution in [0.15, 0.2) is 54.9 Å². The Kier molecular flexibility index (Phi) is 4.53. The number of nitrogens with zero attached hydrogens (tertiary/aromatic N) is 3. The van der Waals surface area contributed by atoms with Gasteiger partial charge in [0.1, 0.15) is 17.5 Å². The second kappa shape index (κ2) is 6.93. The molecule has 0 unspecified atom stereocenters. The molecule has 2 aromatic heterocycles. The first kappa shape index (κ1) is 15.7. The molecule has 4 nitrogen and oxygen atoms in total. The maximum atomic E-state index is 9.43. The van der Waals surface area contributed by atoms with Crippen molar-refractivity contribution in [3.8, 4) is 28.5 Å². The number of hydrogen-bond donors (Lipinski definition) is 1. The van der Waals surface area contributed by atoms with E-state index in [9.17, 15) is 5.26 Å². The van der Waals surface area contributed by atoms with Gasteiger partial charge >= 0.3 is 0 Å². The normalized spacial score (nSPS) is 10.3. The fourth-order valence-corrected chi connectivity index (χ4v) is 2.72. The summed E-state index contributed by atoms with van der Waals surface area (Å²) in [5, 5.41) is 9.43. The third kappa shape index (κ3) is 3.11. The van der Waals surface area contributed by atoms with Crippen LogP contribution in [0.1, 0.15) is 24.5 Å². The summed E-state index contributed by atoms with van der Waals surface area (Å²) < 4.78 is 0. The van der Waals surface area contributed by atoms with E-state index in [-0.39, 0.29) is 5.82 Å². The van der Waals surface area contributed by atoms with Crippen molar-refractivity contribution in [2.75, 3.05) is 5.73 Å². The molecule has 0 radical (unpaired) electrons. The lowest BCUT2D eigenvalue weighted by molar-refractivity contribution is 0.922. The number of hydrogen-bond acceptors (Lipinski definition) is 4. The fraction of sp³-hybridized carbons (Fsp3) is 0.150. The van der Waals surface area contributed by atoms with Crippen LogP contribution in [0.25, 0.3) is 22.4 Å². The molecule has 0 aliphatic rings. The molecule has 0 saturated heterocycles. The highest BCUT2D eigenvalue weighted by Gasteiger charge is 2.13. The van der Waals surface area contributed by atoms with E-state index in [0.29, 0.717) is 5.56 Å². The fourth-order valence-electron chi connectivity index (χ4n) is 2.72. The van der Waals surface area contributed by atoms with Crippen LogP contribution in [0.4, 0.5) is 5.82 Å². The number of nitrogen functional groups attached to an aromatic ring is 1. The third-order valence-electron chi connectivity index (χ3n) is 3.94. The van der Waals surface area contributed by atoms with E-state index in [1.807, 2.05) is 18.2 Å². The molecular weight excluding hydrogens is 296 g/mol. The molecule has 0 fully saturated rings. The van der Waals surface area contributed by atoms with Crippen molar-refractivity contribution >= 4 is 5.82 Å². The van der Waals surface area contributed by atoms with Gasteiger partial charge in [0.05, 0.1) is 5.69 Å². The Balaban J connectivity index is 2.10. The summed E-state index contributed by atoms with van der Waals surface area (Å²) in [7, 11) is 0. The summed E-state index contributed by atoms with van der Waals surface area (Å²) in [4.78, 5) is 8.44. The van der Waals surface area contributed by atoms with Gasteiger partial charge in [0.25, 0.3) is 0 Å². The Bertz CT molecular complexity index is 878. The highest BCUT2D eigenvalue weighted by Crippen LogP contribution is 2.30. The van der Waals surface area contributed by atoms with Crippen LogP contribution >= 0.6 is 0 Å². The summed E-state index contributed by atoms with van der Waals surface area (Å²) >= 11 is 0. The predicted octanol–water partition coefficient (Wildman–Crippen LogP) is 4.22. The number of pyridine rings is 2. The maximum absolute atomic E-state index is 9.43. The zero-order valence-electron chi connectivity index (χ0n) is 13.5. The van der Waals surface area contributed by atoms with Gasteiger partial charge in [-0.1, -0.05) is 37.6 Å². The average Bonchev–Trinajstić information content (AvgIpc) is 2.63. The van der Waals surface area contributed by atoms with Gasteiger partial charge in [0.15, 0.2) is 0 Å². The van der Waals surface area contributed by atoms with Gasteiger partial charge < -0.3 is 5.73 Å². The SMILES string of the molecule is CCCc1ccc(-c2cc(-c3ccncc3)c(C#N)c(N)n2)cc1. The molecule has 4 heteroatoms. The predicted molar refractivity (Wildman–Crippen MR) is 96.0 cm³/mol. The molecule has 0 bridgehead atoms. The smallest absolute Gasteiger partial charge is 0.142 e. The van der Waals surface area contributed by atoms with Crippen molar-refractivity contribution in [1.29, 1.82) is 5.26 Å². The number of aromatic nitrogens is 2. The molecule has 0 atom stereocenters. The Morgan fingerprint density at radius 3 is 2.38 bits per heavy atom. The van der Waals surface area contributed by atoms with Gasteiger partial charge in [-0.15, -0.1) is 0 Å². The number of nitrogens with two attached hydrogens (primary N) is 1. The minimum Gasteiger partial charge on any atom is -0.383 e. The second-order valence-electron chi connectivity index (χ2n) is 5.61. The molecule has 1 aromatic carbocycles. The van der Waals surface area contributed by atoms with Gasteiger partial charge in [-0.25, -0.2) is 4.98 Å². The lowest BCUT2D eigenvalue weighted by Crippen LogP contribution is -2.00. The molecule has 0 saturated carbocycles. The van der Waals surface area contributed by atoms with Gasteiger partial charge in [-0.3, -0.25) is 4.98 Å². The van der Waals surface area contributed by atoms with Crippen molar-refractivity contribution < 1.29 is 0 Å². The average molecular weight is 314 g/mol. The topological polar surface area (TPSA) is 75.6 Å². The van der Waals surface area contributed by atoms with Crippen LogP contribution in [0.2, 0.25) is 0 Å². The minimum absolute atomic E-state index is 0.249. The molecule has 2 heterocycles. The van der Waals surface area contributed by atoms with E-state index >= 15 is 0 Å². The largest absolute Gasteiger partial charge is 0.383 e. The van der Waals surface area contributed by atoms with Crippen LogP contribution in [-0.4, -0.2) is 9.97 Å². The molecule has 3 aromatic rings. The molecule has 118 valence electrons. The van der Waals surface area contributed by atoms with E-state index in [2.05, 4.69) is 47.2 Å². The first-order chi connectivity index (χ1) is 11.7. The molecular formula is C20H18N4. The molecule has 3 rings (SSSR count). The second-order valence-corrected chi connectivity index (χ2v) is 5.61. The zero-order chi connectivity index (χ0) is 16.9. The molecule has 0 amide bonds. The van der Waals surface area contributed by atoms with Gasteiger partial charge in [0, 0.05) is 23.5 Å². The van der Waals surface area contributed by atoms with E-state index in [0.717, 1.165) is 35.2 Å². The number of benzene rings is 1. The number of anilines is 1. The first-order valence-electron chi connectivity index (χ1n) is 7.93. The highest BCUT2D eigenvalue weighted by atomic mass is 14.8. The molecule has 0 aliphatic carbocycles. The van der Waals surface area contributed by atoms with Gasteiger partial charge in [-0.2, -0.15) is 5.26 Å². The van der Waals surface area contributed by atoms with Crippen molar-refractivity contribution in [1.82, 2.24) is 9.97 Å². The Hall–Kier alpha value is -3.19. The number of nitriles is 1. The summed E-state index contributed by atoms with van der Waals surface area (Å²) in [5.74, 6) is 0.249. The van der Waals surface area contributed by atoms with Crippen LogP contribution in [-0.2, 0) is 6.42 Å². The van der Waals surface area contributed by atoms with Crippen molar-refractivity contribution in [3.63, 3.8) is 0 Å². The Morgan fingerprint density at radius 2 is 1.75 bits per heavy atom. The summed E-state index contributed by atoms with van der Waals surface area (Å²) in [6.45, 7) is 2.16. The van der Waals surface area contributed by atoms with Crippen molar-refractivity contribution in [2.24, 2.45) is 0 Å². The van der Waals surface area contributed by atoms with Crippen molar-refractivity contribution in [2.45, 2.75) is 19.8 Å². The molecule has 2 N–H and O–H groups in total. The van der Waals surface area contributed by atoms with Crippen LogP contribution in [0.5, 0.6) is 0 Å². The number of rotatable bonds is 4. The third-order valence-corrected chi connectivity index (χ3v) is 3.94. The first-order valence-corrected chi connectivity index (χ1v) is 7.93. The van der Waals surface area contributed by atoms with Gasteiger partial charge in [-0.05, 0) is 35.7 Å². The van der Waals surface area contributed by atoms with Crippen LogP contribution in [0, 0.1) is 11.3 Å². The Labute approximate surface area is 141 Å². The quantitative estimate of drug-likeness (QED) is 0.782. The van der Waals surface area contributed by atoms with E-state index in [1.54, 1.807) is 12.4 Å². The molecule has 0 aliphatic heterocycles.